The van der Waals surface area contributed by atoms with Crippen LogP contribution >= 0.6 is 0 Å². The van der Waals surface area contributed by atoms with E-state index in [9.17, 15) is 0 Å². The number of benzene rings is 1. The smallest absolute Gasteiger partial charge is 0.119 e. The molecule has 0 saturated carbocycles. The van der Waals surface area contributed by atoms with Gasteiger partial charge in [0.2, 0.25) is 0 Å². The molecule has 1 rings (SSSR count). The Bertz CT molecular complexity index is 379. The fourth-order valence-electron chi connectivity index (χ4n) is 1.61. The van der Waals surface area contributed by atoms with E-state index in [0.717, 1.165) is 25.3 Å². The standard InChI is InChI=1S/C16H23NO/c1-4-11-18-16-9-7-15(8-10-16)12-14(5-2)13-17-6-3/h4,7-10,12,17H,1,5-6,11,13H2,2-3H3. The summed E-state index contributed by atoms with van der Waals surface area (Å²) in [5.74, 6) is 0.886. The summed E-state index contributed by atoms with van der Waals surface area (Å²) in [6.07, 6.45) is 5.06. The van der Waals surface area contributed by atoms with Crippen LogP contribution in [-0.4, -0.2) is 19.7 Å². The van der Waals surface area contributed by atoms with E-state index in [1.807, 2.05) is 12.1 Å². The first-order valence-corrected chi connectivity index (χ1v) is 6.54. The van der Waals surface area contributed by atoms with E-state index in [1.165, 1.54) is 11.1 Å². The van der Waals surface area contributed by atoms with Gasteiger partial charge in [-0.25, -0.2) is 0 Å². The second kappa shape index (κ2) is 8.54. The SMILES string of the molecule is C=CCOc1ccc(C=C(CC)CNCC)cc1. The third-order valence-corrected chi connectivity index (χ3v) is 2.67. The van der Waals surface area contributed by atoms with E-state index in [0.29, 0.717) is 6.61 Å². The van der Waals surface area contributed by atoms with Crippen LogP contribution in [0.15, 0.2) is 42.5 Å². The lowest BCUT2D eigenvalue weighted by molar-refractivity contribution is 0.363. The molecule has 0 atom stereocenters. The highest BCUT2D eigenvalue weighted by molar-refractivity contribution is 5.54. The van der Waals surface area contributed by atoms with Crippen LogP contribution in [0.4, 0.5) is 0 Å². The number of rotatable bonds is 8. The van der Waals surface area contributed by atoms with Crippen molar-refractivity contribution < 1.29 is 4.74 Å². The zero-order valence-electron chi connectivity index (χ0n) is 11.4. The molecule has 0 radical (unpaired) electrons. The Hall–Kier alpha value is -1.54. The van der Waals surface area contributed by atoms with Crippen molar-refractivity contribution in [3.8, 4) is 5.75 Å². The number of nitrogens with one attached hydrogen (secondary N) is 1. The Balaban J connectivity index is 2.65. The summed E-state index contributed by atoms with van der Waals surface area (Å²) in [5, 5.41) is 3.35. The molecule has 0 fully saturated rings. The second-order valence-electron chi connectivity index (χ2n) is 4.11. The van der Waals surface area contributed by atoms with Gasteiger partial charge >= 0.3 is 0 Å². The quantitative estimate of drug-likeness (QED) is 0.706. The zero-order valence-corrected chi connectivity index (χ0v) is 11.4. The molecule has 2 nitrogen and oxygen atoms in total. The van der Waals surface area contributed by atoms with Crippen molar-refractivity contribution in [2.75, 3.05) is 19.7 Å². The summed E-state index contributed by atoms with van der Waals surface area (Å²) >= 11 is 0. The lowest BCUT2D eigenvalue weighted by atomic mass is 10.1. The minimum Gasteiger partial charge on any atom is -0.490 e. The molecule has 0 amide bonds. The third kappa shape index (κ3) is 5.19. The van der Waals surface area contributed by atoms with Crippen LogP contribution in [0.3, 0.4) is 0 Å². The van der Waals surface area contributed by atoms with Crippen LogP contribution in [0.2, 0.25) is 0 Å². The lowest BCUT2D eigenvalue weighted by Gasteiger charge is -2.06. The number of hydrogen-bond acceptors (Lipinski definition) is 2. The van der Waals surface area contributed by atoms with Crippen molar-refractivity contribution in [3.63, 3.8) is 0 Å². The molecule has 0 aromatic heterocycles. The predicted molar refractivity (Wildman–Crippen MR) is 78.9 cm³/mol. The number of likely N-dealkylation sites (N-methyl/N-ethyl adjacent to an activating group) is 1. The van der Waals surface area contributed by atoms with Crippen molar-refractivity contribution in [2.45, 2.75) is 20.3 Å². The minimum atomic E-state index is 0.551. The maximum Gasteiger partial charge on any atom is 0.119 e. The fraction of sp³-hybridized carbons (Fsp3) is 0.375. The van der Waals surface area contributed by atoms with Gasteiger partial charge in [-0.3, -0.25) is 0 Å². The summed E-state index contributed by atoms with van der Waals surface area (Å²) in [7, 11) is 0. The molecule has 0 aliphatic rings. The van der Waals surface area contributed by atoms with Crippen LogP contribution in [0, 0.1) is 0 Å². The van der Waals surface area contributed by atoms with Crippen LogP contribution in [0.1, 0.15) is 25.8 Å². The monoisotopic (exact) mass is 245 g/mol. The summed E-state index contributed by atoms with van der Waals surface area (Å²) in [6.45, 7) is 10.5. The van der Waals surface area contributed by atoms with Crippen LogP contribution in [-0.2, 0) is 0 Å². The second-order valence-corrected chi connectivity index (χ2v) is 4.11. The first kappa shape index (κ1) is 14.5. The van der Waals surface area contributed by atoms with Crippen molar-refractivity contribution in [1.82, 2.24) is 5.32 Å². The Kier molecular flexibility index (Phi) is 6.89. The Labute approximate surface area is 110 Å². The molecule has 0 heterocycles. The van der Waals surface area contributed by atoms with Gasteiger partial charge in [-0.2, -0.15) is 0 Å². The molecular formula is C16H23NO. The Morgan fingerprint density at radius 3 is 2.56 bits per heavy atom. The average molecular weight is 245 g/mol. The zero-order chi connectivity index (χ0) is 13.2. The molecule has 2 heteroatoms. The molecule has 1 aromatic rings. The maximum absolute atomic E-state index is 5.46. The minimum absolute atomic E-state index is 0.551. The van der Waals surface area contributed by atoms with E-state index in [2.05, 4.69) is 44.0 Å². The molecule has 0 saturated heterocycles. The molecule has 1 N–H and O–H groups in total. The van der Waals surface area contributed by atoms with E-state index in [4.69, 9.17) is 4.74 Å². The summed E-state index contributed by atoms with van der Waals surface area (Å²) in [5.41, 5.74) is 2.63. The highest BCUT2D eigenvalue weighted by atomic mass is 16.5. The third-order valence-electron chi connectivity index (χ3n) is 2.67. The van der Waals surface area contributed by atoms with E-state index < -0.39 is 0 Å². The highest BCUT2D eigenvalue weighted by Gasteiger charge is 1.96. The summed E-state index contributed by atoms with van der Waals surface area (Å²) < 4.78 is 5.46. The molecule has 0 unspecified atom stereocenters. The predicted octanol–water partition coefficient (Wildman–Crippen LogP) is 3.65. The number of hydrogen-bond donors (Lipinski definition) is 1. The molecule has 0 aliphatic carbocycles. The largest absolute Gasteiger partial charge is 0.490 e. The van der Waals surface area contributed by atoms with Gasteiger partial charge in [0.1, 0.15) is 12.4 Å². The summed E-state index contributed by atoms with van der Waals surface area (Å²) in [6, 6.07) is 8.16. The molecular weight excluding hydrogens is 222 g/mol. The maximum atomic E-state index is 5.46. The van der Waals surface area contributed by atoms with Gasteiger partial charge in [0.15, 0.2) is 0 Å². The molecule has 0 aliphatic heterocycles. The van der Waals surface area contributed by atoms with Crippen LogP contribution in [0.5, 0.6) is 5.75 Å². The van der Waals surface area contributed by atoms with Gasteiger partial charge < -0.3 is 10.1 Å². The van der Waals surface area contributed by atoms with E-state index >= 15 is 0 Å². The van der Waals surface area contributed by atoms with Crippen molar-refractivity contribution in [3.05, 3.63) is 48.1 Å². The van der Waals surface area contributed by atoms with Gasteiger partial charge in [0.25, 0.3) is 0 Å². The van der Waals surface area contributed by atoms with Crippen molar-refractivity contribution in [1.29, 1.82) is 0 Å². The first-order chi connectivity index (χ1) is 8.80. The molecule has 1 aromatic carbocycles. The topological polar surface area (TPSA) is 21.3 Å². The van der Waals surface area contributed by atoms with Gasteiger partial charge in [-0.05, 0) is 30.7 Å². The van der Waals surface area contributed by atoms with Crippen molar-refractivity contribution in [2.24, 2.45) is 0 Å². The van der Waals surface area contributed by atoms with Gasteiger partial charge in [0.05, 0.1) is 0 Å². The van der Waals surface area contributed by atoms with Gasteiger partial charge in [-0.15, -0.1) is 0 Å². The molecule has 98 valence electrons. The molecule has 0 bridgehead atoms. The van der Waals surface area contributed by atoms with Gasteiger partial charge in [0, 0.05) is 6.54 Å². The summed E-state index contributed by atoms with van der Waals surface area (Å²) in [4.78, 5) is 0. The molecule has 18 heavy (non-hydrogen) atoms. The number of ether oxygens (including phenoxy) is 1. The normalized spacial score (nSPS) is 11.3. The van der Waals surface area contributed by atoms with Gasteiger partial charge in [-0.1, -0.05) is 50.3 Å². The fourth-order valence-corrected chi connectivity index (χ4v) is 1.61. The average Bonchev–Trinajstić information content (AvgIpc) is 2.42. The van der Waals surface area contributed by atoms with Crippen LogP contribution < -0.4 is 10.1 Å². The first-order valence-electron chi connectivity index (χ1n) is 6.54. The molecule has 0 spiro atoms. The van der Waals surface area contributed by atoms with E-state index in [1.54, 1.807) is 6.08 Å². The Morgan fingerprint density at radius 1 is 1.28 bits per heavy atom. The van der Waals surface area contributed by atoms with Crippen LogP contribution in [0.25, 0.3) is 6.08 Å². The van der Waals surface area contributed by atoms with E-state index in [-0.39, 0.29) is 0 Å². The highest BCUT2D eigenvalue weighted by Crippen LogP contribution is 2.15. The lowest BCUT2D eigenvalue weighted by Crippen LogP contribution is -2.15. The van der Waals surface area contributed by atoms with Crippen molar-refractivity contribution >= 4 is 6.08 Å². The Morgan fingerprint density at radius 2 is 2.00 bits per heavy atom.